The molecule has 24 heavy (non-hydrogen) atoms. The van der Waals surface area contributed by atoms with Gasteiger partial charge in [-0.05, 0) is 65.5 Å². The number of halogens is 1. The number of benzene rings is 1. The minimum absolute atomic E-state index is 0.318. The van der Waals surface area contributed by atoms with Crippen LogP contribution in [0.3, 0.4) is 0 Å². The van der Waals surface area contributed by atoms with Gasteiger partial charge in [0.05, 0.1) is 11.6 Å². The lowest BCUT2D eigenvalue weighted by atomic mass is 10.0. The van der Waals surface area contributed by atoms with E-state index in [0.29, 0.717) is 12.1 Å². The molecule has 0 saturated carbocycles. The van der Waals surface area contributed by atoms with Crippen LogP contribution in [0.15, 0.2) is 47.1 Å². The summed E-state index contributed by atoms with van der Waals surface area (Å²) in [6.07, 6.45) is 4.14. The number of pyridine rings is 1. The van der Waals surface area contributed by atoms with Crippen LogP contribution in [-0.2, 0) is 0 Å². The molecule has 1 aliphatic heterocycles. The molecular formula is C19H24BrN3O. The second-order valence-electron chi connectivity index (χ2n) is 6.23. The monoisotopic (exact) mass is 389 g/mol. The number of piperidine rings is 1. The van der Waals surface area contributed by atoms with Gasteiger partial charge in [-0.2, -0.15) is 0 Å². The summed E-state index contributed by atoms with van der Waals surface area (Å²) in [7, 11) is 1.69. The maximum Gasteiger partial charge on any atom is 0.133 e. The van der Waals surface area contributed by atoms with E-state index in [-0.39, 0.29) is 0 Å². The van der Waals surface area contributed by atoms with Gasteiger partial charge in [-0.1, -0.05) is 12.1 Å². The topological polar surface area (TPSA) is 37.4 Å². The van der Waals surface area contributed by atoms with Crippen molar-refractivity contribution in [2.75, 3.05) is 25.1 Å². The molecular weight excluding hydrogens is 366 g/mol. The molecule has 0 bridgehead atoms. The quantitative estimate of drug-likeness (QED) is 0.832. The summed E-state index contributed by atoms with van der Waals surface area (Å²) in [4.78, 5) is 6.82. The van der Waals surface area contributed by atoms with Crippen LogP contribution in [-0.4, -0.2) is 31.2 Å². The van der Waals surface area contributed by atoms with Gasteiger partial charge in [0.25, 0.3) is 0 Å². The number of anilines is 1. The second-order valence-corrected chi connectivity index (χ2v) is 7.09. The number of nitrogens with one attached hydrogen (secondary N) is 1. The smallest absolute Gasteiger partial charge is 0.133 e. The number of hydrogen-bond donors (Lipinski definition) is 1. The van der Waals surface area contributed by atoms with Gasteiger partial charge < -0.3 is 15.0 Å². The Balaban J connectivity index is 1.55. The first kappa shape index (κ1) is 17.2. The van der Waals surface area contributed by atoms with Gasteiger partial charge in [-0.3, -0.25) is 0 Å². The van der Waals surface area contributed by atoms with Crippen LogP contribution >= 0.6 is 15.9 Å². The number of aromatic nitrogens is 1. The van der Waals surface area contributed by atoms with E-state index in [2.05, 4.69) is 62.3 Å². The number of rotatable bonds is 5. The number of hydrogen-bond acceptors (Lipinski definition) is 4. The molecule has 2 aromatic rings. The van der Waals surface area contributed by atoms with E-state index in [1.807, 2.05) is 18.3 Å². The highest BCUT2D eigenvalue weighted by Gasteiger charge is 2.21. The minimum atomic E-state index is 0.318. The van der Waals surface area contributed by atoms with E-state index in [4.69, 9.17) is 4.74 Å². The van der Waals surface area contributed by atoms with Crippen LogP contribution in [0.4, 0.5) is 5.82 Å². The number of ether oxygens (including phenoxy) is 1. The fourth-order valence-electron chi connectivity index (χ4n) is 3.22. The molecule has 0 amide bonds. The summed E-state index contributed by atoms with van der Waals surface area (Å²) < 4.78 is 6.31. The molecule has 0 aliphatic carbocycles. The normalized spacial score (nSPS) is 16.9. The Morgan fingerprint density at radius 1 is 1.25 bits per heavy atom. The number of nitrogens with zero attached hydrogens (tertiary/aromatic N) is 2. The standard InChI is InChI=1S/C19H24BrN3O/c1-14(15-6-7-18(24-2)17(20)13-15)22-16-8-11-23(12-9-16)19-5-3-4-10-21-19/h3-7,10,13-14,16,22H,8-9,11-12H2,1-2H3. The molecule has 0 spiro atoms. The molecule has 3 rings (SSSR count). The zero-order valence-corrected chi connectivity index (χ0v) is 15.8. The zero-order chi connectivity index (χ0) is 16.9. The molecule has 5 heteroatoms. The predicted molar refractivity (Wildman–Crippen MR) is 102 cm³/mol. The molecule has 1 aliphatic rings. The lowest BCUT2D eigenvalue weighted by Crippen LogP contribution is -2.43. The van der Waals surface area contributed by atoms with Gasteiger partial charge in [0.2, 0.25) is 0 Å². The van der Waals surface area contributed by atoms with Crippen LogP contribution in [0.1, 0.15) is 31.4 Å². The van der Waals surface area contributed by atoms with Crippen molar-refractivity contribution < 1.29 is 4.74 Å². The van der Waals surface area contributed by atoms with Crippen molar-refractivity contribution in [1.82, 2.24) is 10.3 Å². The highest BCUT2D eigenvalue weighted by molar-refractivity contribution is 9.10. The Hall–Kier alpha value is -1.59. The molecule has 1 N–H and O–H groups in total. The van der Waals surface area contributed by atoms with Gasteiger partial charge in [-0.25, -0.2) is 4.98 Å². The lowest BCUT2D eigenvalue weighted by molar-refractivity contribution is 0.379. The Morgan fingerprint density at radius 2 is 2.04 bits per heavy atom. The molecule has 1 saturated heterocycles. The Bertz CT molecular complexity index is 657. The molecule has 128 valence electrons. The van der Waals surface area contributed by atoms with Gasteiger partial charge >= 0.3 is 0 Å². The average Bonchev–Trinajstić information content (AvgIpc) is 2.63. The van der Waals surface area contributed by atoms with Crippen molar-refractivity contribution in [3.05, 3.63) is 52.6 Å². The second kappa shape index (κ2) is 7.99. The third-order valence-corrected chi connectivity index (χ3v) is 5.25. The molecule has 1 atom stereocenters. The maximum absolute atomic E-state index is 5.30. The summed E-state index contributed by atoms with van der Waals surface area (Å²) in [6, 6.07) is 13.2. The Morgan fingerprint density at radius 3 is 2.67 bits per heavy atom. The Labute approximate surface area is 152 Å². The van der Waals surface area contributed by atoms with Crippen LogP contribution in [0.25, 0.3) is 0 Å². The summed E-state index contributed by atoms with van der Waals surface area (Å²) in [6.45, 7) is 4.32. The van der Waals surface area contributed by atoms with Crippen LogP contribution in [0, 0.1) is 0 Å². The third-order valence-electron chi connectivity index (χ3n) is 4.63. The van der Waals surface area contributed by atoms with Gasteiger partial charge in [0.1, 0.15) is 11.6 Å². The van der Waals surface area contributed by atoms with Crippen LogP contribution in [0.2, 0.25) is 0 Å². The average molecular weight is 390 g/mol. The van der Waals surface area contributed by atoms with Crippen molar-refractivity contribution in [3.63, 3.8) is 0 Å². The van der Waals surface area contributed by atoms with Crippen LogP contribution in [0.5, 0.6) is 5.75 Å². The maximum atomic E-state index is 5.30. The SMILES string of the molecule is COc1ccc(C(C)NC2CCN(c3ccccn3)CC2)cc1Br. The molecule has 1 fully saturated rings. The van der Waals surface area contributed by atoms with Crippen molar-refractivity contribution in [1.29, 1.82) is 0 Å². The molecule has 1 unspecified atom stereocenters. The van der Waals surface area contributed by atoms with Crippen molar-refractivity contribution >= 4 is 21.7 Å². The Kier molecular flexibility index (Phi) is 5.74. The van der Waals surface area contributed by atoms with E-state index in [9.17, 15) is 0 Å². The predicted octanol–water partition coefficient (Wildman–Crippen LogP) is 4.17. The molecule has 4 nitrogen and oxygen atoms in total. The summed E-state index contributed by atoms with van der Waals surface area (Å²) in [5, 5.41) is 3.76. The lowest BCUT2D eigenvalue weighted by Gasteiger charge is -2.34. The fourth-order valence-corrected chi connectivity index (χ4v) is 3.78. The van der Waals surface area contributed by atoms with Crippen LogP contribution < -0.4 is 15.0 Å². The molecule has 0 radical (unpaired) electrons. The molecule has 2 heterocycles. The minimum Gasteiger partial charge on any atom is -0.496 e. The van der Waals surface area contributed by atoms with E-state index in [0.717, 1.165) is 42.0 Å². The van der Waals surface area contributed by atoms with Crippen molar-refractivity contribution in [3.8, 4) is 5.75 Å². The largest absolute Gasteiger partial charge is 0.496 e. The highest BCUT2D eigenvalue weighted by Crippen LogP contribution is 2.28. The summed E-state index contributed by atoms with van der Waals surface area (Å²) in [5.41, 5.74) is 1.27. The fraction of sp³-hybridized carbons (Fsp3) is 0.421. The first-order valence-corrected chi connectivity index (χ1v) is 9.22. The van der Waals surface area contributed by atoms with Gasteiger partial charge in [0, 0.05) is 31.4 Å². The molecule has 1 aromatic heterocycles. The van der Waals surface area contributed by atoms with Crippen molar-refractivity contribution in [2.45, 2.75) is 31.8 Å². The number of methoxy groups -OCH3 is 1. The van der Waals surface area contributed by atoms with E-state index < -0.39 is 0 Å². The van der Waals surface area contributed by atoms with E-state index >= 15 is 0 Å². The summed E-state index contributed by atoms with van der Waals surface area (Å²) >= 11 is 3.57. The van der Waals surface area contributed by atoms with Crippen molar-refractivity contribution in [2.24, 2.45) is 0 Å². The zero-order valence-electron chi connectivity index (χ0n) is 14.2. The van der Waals surface area contributed by atoms with E-state index in [1.165, 1.54) is 5.56 Å². The first-order chi connectivity index (χ1) is 11.7. The van der Waals surface area contributed by atoms with Gasteiger partial charge in [0.15, 0.2) is 0 Å². The highest BCUT2D eigenvalue weighted by atomic mass is 79.9. The first-order valence-electron chi connectivity index (χ1n) is 8.43. The summed E-state index contributed by atoms with van der Waals surface area (Å²) in [5.74, 6) is 1.96. The van der Waals surface area contributed by atoms with E-state index in [1.54, 1.807) is 7.11 Å². The third kappa shape index (κ3) is 4.08. The molecule has 1 aromatic carbocycles. The van der Waals surface area contributed by atoms with Gasteiger partial charge in [-0.15, -0.1) is 0 Å².